The first-order valence-electron chi connectivity index (χ1n) is 7.31. The van der Waals surface area contributed by atoms with Gasteiger partial charge in [0.25, 0.3) is 0 Å². The lowest BCUT2D eigenvalue weighted by atomic mass is 10.1. The molecule has 0 aliphatic carbocycles. The molecular weight excluding hydrogens is 402 g/mol. The number of aromatic nitrogens is 1. The molecular formula is C18H12BrN3S2. The van der Waals surface area contributed by atoms with Gasteiger partial charge in [0, 0.05) is 15.5 Å². The zero-order chi connectivity index (χ0) is 16.5. The Hall–Kier alpha value is -2.02. The zero-order valence-electron chi connectivity index (χ0n) is 12.4. The summed E-state index contributed by atoms with van der Waals surface area (Å²) in [6.45, 7) is 0. The molecule has 0 amide bonds. The molecule has 0 spiro atoms. The lowest BCUT2D eigenvalue weighted by Gasteiger charge is -2.08. The van der Waals surface area contributed by atoms with E-state index in [2.05, 4.69) is 50.8 Å². The highest BCUT2D eigenvalue weighted by Gasteiger charge is 2.08. The van der Waals surface area contributed by atoms with Crippen LogP contribution < -0.4 is 10.6 Å². The van der Waals surface area contributed by atoms with Gasteiger partial charge in [-0.05, 0) is 47.9 Å². The number of thiazole rings is 1. The first-order chi connectivity index (χ1) is 11.7. The van der Waals surface area contributed by atoms with Crippen LogP contribution in [0.1, 0.15) is 0 Å². The van der Waals surface area contributed by atoms with Crippen molar-refractivity contribution in [1.29, 1.82) is 0 Å². The van der Waals surface area contributed by atoms with E-state index in [1.54, 1.807) is 11.3 Å². The Bertz CT molecular complexity index is 1040. The molecule has 118 valence electrons. The van der Waals surface area contributed by atoms with Crippen molar-refractivity contribution in [3.8, 4) is 0 Å². The highest BCUT2D eigenvalue weighted by molar-refractivity contribution is 9.10. The molecule has 0 saturated heterocycles. The average Bonchev–Trinajstić information content (AvgIpc) is 2.99. The molecule has 2 N–H and O–H groups in total. The summed E-state index contributed by atoms with van der Waals surface area (Å²) in [5, 5.41) is 10.0. The predicted molar refractivity (Wildman–Crippen MR) is 111 cm³/mol. The van der Waals surface area contributed by atoms with Crippen LogP contribution in [0, 0.1) is 0 Å². The monoisotopic (exact) mass is 413 g/mol. The summed E-state index contributed by atoms with van der Waals surface area (Å²) in [4.78, 5) is 4.71. The number of benzene rings is 3. The number of halogens is 1. The minimum absolute atomic E-state index is 0.528. The third-order valence-corrected chi connectivity index (χ3v) is 5.27. The normalized spacial score (nSPS) is 10.9. The van der Waals surface area contributed by atoms with E-state index in [1.807, 2.05) is 36.4 Å². The van der Waals surface area contributed by atoms with Crippen LogP contribution in [-0.2, 0) is 0 Å². The molecule has 1 heterocycles. The smallest absolute Gasteiger partial charge is 0.190 e. The molecule has 0 saturated carbocycles. The zero-order valence-corrected chi connectivity index (χ0v) is 15.6. The van der Waals surface area contributed by atoms with E-state index in [1.165, 1.54) is 5.39 Å². The number of hydrogen-bond acceptors (Lipinski definition) is 3. The fraction of sp³-hybridized carbons (Fsp3) is 0. The summed E-state index contributed by atoms with van der Waals surface area (Å²) in [5.41, 5.74) is 1.94. The van der Waals surface area contributed by atoms with Crippen LogP contribution in [0.3, 0.4) is 0 Å². The molecule has 0 aliphatic rings. The standard InChI is InChI=1S/C18H12BrN3S2/c19-12-6-8-13(9-7-12)20-17(23)22-18-21-16-14-4-2-1-3-11(14)5-10-15(16)24-18/h1-10H,(H2,20,21,22,23). The summed E-state index contributed by atoms with van der Waals surface area (Å²) in [6.07, 6.45) is 0. The molecule has 4 aromatic rings. The Kier molecular flexibility index (Phi) is 4.18. The molecule has 24 heavy (non-hydrogen) atoms. The van der Waals surface area contributed by atoms with Crippen LogP contribution in [0.2, 0.25) is 0 Å². The Balaban J connectivity index is 1.59. The molecule has 6 heteroatoms. The molecule has 0 radical (unpaired) electrons. The highest BCUT2D eigenvalue weighted by atomic mass is 79.9. The Morgan fingerprint density at radius 3 is 2.58 bits per heavy atom. The minimum Gasteiger partial charge on any atom is -0.332 e. The van der Waals surface area contributed by atoms with Crippen molar-refractivity contribution in [3.63, 3.8) is 0 Å². The molecule has 3 aromatic carbocycles. The van der Waals surface area contributed by atoms with Crippen LogP contribution in [0.4, 0.5) is 10.8 Å². The van der Waals surface area contributed by atoms with Gasteiger partial charge in [0.1, 0.15) is 0 Å². The van der Waals surface area contributed by atoms with Crippen molar-refractivity contribution in [1.82, 2.24) is 4.98 Å². The maximum absolute atomic E-state index is 5.38. The molecule has 3 nitrogen and oxygen atoms in total. The second-order valence-corrected chi connectivity index (χ2v) is 7.59. The van der Waals surface area contributed by atoms with Gasteiger partial charge in [-0.1, -0.05) is 57.6 Å². The van der Waals surface area contributed by atoms with Gasteiger partial charge >= 0.3 is 0 Å². The molecule has 0 fully saturated rings. The molecule has 0 aliphatic heterocycles. The predicted octanol–water partition coefficient (Wildman–Crippen LogP) is 6.02. The fourth-order valence-corrected chi connectivity index (χ4v) is 3.94. The van der Waals surface area contributed by atoms with Crippen LogP contribution in [-0.4, -0.2) is 10.1 Å². The van der Waals surface area contributed by atoms with Crippen molar-refractivity contribution in [2.24, 2.45) is 0 Å². The second kappa shape index (κ2) is 6.47. The molecule has 1 aromatic heterocycles. The number of fused-ring (bicyclic) bond motifs is 3. The van der Waals surface area contributed by atoms with Gasteiger partial charge in [-0.2, -0.15) is 0 Å². The van der Waals surface area contributed by atoms with Crippen LogP contribution in [0.15, 0.2) is 65.1 Å². The maximum atomic E-state index is 5.38. The van der Waals surface area contributed by atoms with Crippen molar-refractivity contribution in [3.05, 3.63) is 65.1 Å². The number of rotatable bonds is 2. The maximum Gasteiger partial charge on any atom is 0.190 e. The van der Waals surface area contributed by atoms with E-state index < -0.39 is 0 Å². The third kappa shape index (κ3) is 3.13. The summed E-state index contributed by atoms with van der Waals surface area (Å²) >= 11 is 10.4. The van der Waals surface area contributed by atoms with E-state index in [0.29, 0.717) is 5.11 Å². The van der Waals surface area contributed by atoms with Gasteiger partial charge in [0.2, 0.25) is 0 Å². The number of anilines is 2. The summed E-state index contributed by atoms with van der Waals surface area (Å²) in [6, 6.07) is 20.4. The molecule has 0 bridgehead atoms. The van der Waals surface area contributed by atoms with Crippen LogP contribution >= 0.6 is 39.5 Å². The number of hydrogen-bond donors (Lipinski definition) is 2. The first-order valence-corrected chi connectivity index (χ1v) is 9.33. The van der Waals surface area contributed by atoms with Gasteiger partial charge in [-0.3, -0.25) is 0 Å². The number of nitrogens with zero attached hydrogens (tertiary/aromatic N) is 1. The van der Waals surface area contributed by atoms with Crippen molar-refractivity contribution >= 4 is 76.4 Å². The highest BCUT2D eigenvalue weighted by Crippen LogP contribution is 2.31. The summed E-state index contributed by atoms with van der Waals surface area (Å²) in [7, 11) is 0. The van der Waals surface area contributed by atoms with E-state index in [9.17, 15) is 0 Å². The van der Waals surface area contributed by atoms with E-state index >= 15 is 0 Å². The largest absolute Gasteiger partial charge is 0.332 e. The Labute approximate surface area is 156 Å². The number of nitrogens with one attached hydrogen (secondary N) is 2. The number of thiocarbonyl (C=S) groups is 1. The van der Waals surface area contributed by atoms with E-state index in [4.69, 9.17) is 17.2 Å². The van der Waals surface area contributed by atoms with Gasteiger partial charge < -0.3 is 10.6 Å². The van der Waals surface area contributed by atoms with Gasteiger partial charge in [0.05, 0.1) is 10.2 Å². The molecule has 4 rings (SSSR count). The van der Waals surface area contributed by atoms with Gasteiger partial charge in [-0.25, -0.2) is 4.98 Å². The second-order valence-electron chi connectivity index (χ2n) is 5.24. The van der Waals surface area contributed by atoms with Crippen molar-refractivity contribution < 1.29 is 0 Å². The molecule has 0 atom stereocenters. The lowest BCUT2D eigenvalue weighted by Crippen LogP contribution is -2.18. The van der Waals surface area contributed by atoms with Crippen molar-refractivity contribution in [2.45, 2.75) is 0 Å². The summed E-state index contributed by atoms with van der Waals surface area (Å²) in [5.74, 6) is 0. The third-order valence-electron chi connectivity index (χ3n) is 3.61. The SMILES string of the molecule is S=C(Nc1ccc(Br)cc1)Nc1nc2c(ccc3ccccc32)s1. The lowest BCUT2D eigenvalue weighted by molar-refractivity contribution is 1.48. The van der Waals surface area contributed by atoms with E-state index in [0.717, 1.165) is 30.9 Å². The van der Waals surface area contributed by atoms with Gasteiger partial charge in [0.15, 0.2) is 10.2 Å². The van der Waals surface area contributed by atoms with E-state index in [-0.39, 0.29) is 0 Å². The van der Waals surface area contributed by atoms with Gasteiger partial charge in [-0.15, -0.1) is 0 Å². The topological polar surface area (TPSA) is 37.0 Å². The summed E-state index contributed by atoms with van der Waals surface area (Å²) < 4.78 is 2.17. The van der Waals surface area contributed by atoms with Crippen molar-refractivity contribution in [2.75, 3.05) is 10.6 Å². The minimum atomic E-state index is 0.528. The van der Waals surface area contributed by atoms with Crippen LogP contribution in [0.25, 0.3) is 21.0 Å². The van der Waals surface area contributed by atoms with Crippen LogP contribution in [0.5, 0.6) is 0 Å². The fourth-order valence-electron chi connectivity index (χ4n) is 2.51. The Morgan fingerprint density at radius 1 is 0.958 bits per heavy atom. The average molecular weight is 414 g/mol. The quantitative estimate of drug-likeness (QED) is 0.393. The first kappa shape index (κ1) is 15.5. The molecule has 0 unspecified atom stereocenters. The Morgan fingerprint density at radius 2 is 1.75 bits per heavy atom.